The zero-order chi connectivity index (χ0) is 18.1. The van der Waals surface area contributed by atoms with E-state index in [4.69, 9.17) is 9.47 Å². The van der Waals surface area contributed by atoms with Crippen molar-refractivity contribution in [2.24, 2.45) is 5.10 Å². The Bertz CT molecular complexity index is 611. The number of hydrazone groups is 1. The number of thioether (sulfide) groups is 1. The van der Waals surface area contributed by atoms with Crippen molar-refractivity contribution in [1.29, 1.82) is 0 Å². The molecule has 1 aromatic rings. The second kappa shape index (κ2) is 10.0. The lowest BCUT2D eigenvalue weighted by molar-refractivity contribution is -0.115. The van der Waals surface area contributed by atoms with Crippen molar-refractivity contribution in [1.82, 2.24) is 5.01 Å². The van der Waals surface area contributed by atoms with Crippen LogP contribution < -0.4 is 5.32 Å². The fraction of sp³-hybridized carbons (Fsp3) is 0.471. The van der Waals surface area contributed by atoms with Crippen LogP contribution in [0.1, 0.15) is 25.3 Å². The summed E-state index contributed by atoms with van der Waals surface area (Å²) in [6, 6.07) is 7.34. The minimum atomic E-state index is -0.0980. The Morgan fingerprint density at radius 2 is 2.00 bits per heavy atom. The molecule has 2 heterocycles. The third-order valence-corrected chi connectivity index (χ3v) is 4.32. The maximum Gasteiger partial charge on any atom is 0.302 e. The van der Waals surface area contributed by atoms with Gasteiger partial charge in [0.2, 0.25) is 11.8 Å². The van der Waals surface area contributed by atoms with E-state index in [1.165, 1.54) is 23.2 Å². The minimum absolute atomic E-state index is 0.0281. The van der Waals surface area contributed by atoms with Crippen LogP contribution in [0.2, 0.25) is 0 Å². The Labute approximate surface area is 151 Å². The van der Waals surface area contributed by atoms with Gasteiger partial charge in [-0.1, -0.05) is 30.8 Å². The SMILES string of the molecule is C1COC1.CCC(=O)Nc1ccc(CN2N=C(OC)CSC2=O)cc1. The van der Waals surface area contributed by atoms with Crippen LogP contribution in [0, 0.1) is 0 Å². The number of nitrogens with zero attached hydrogens (tertiary/aromatic N) is 2. The Morgan fingerprint density at radius 3 is 2.52 bits per heavy atom. The minimum Gasteiger partial charge on any atom is -0.482 e. The Kier molecular flexibility index (Phi) is 7.75. The first-order valence-electron chi connectivity index (χ1n) is 8.14. The van der Waals surface area contributed by atoms with Crippen molar-refractivity contribution < 1.29 is 19.1 Å². The summed E-state index contributed by atoms with van der Waals surface area (Å²) in [7, 11) is 1.54. The van der Waals surface area contributed by atoms with E-state index in [-0.39, 0.29) is 11.1 Å². The molecule has 0 bridgehead atoms. The summed E-state index contributed by atoms with van der Waals surface area (Å²) in [5, 5.41) is 8.21. The molecule has 136 valence electrons. The van der Waals surface area contributed by atoms with E-state index in [1.807, 2.05) is 24.3 Å². The second-order valence-corrected chi connectivity index (χ2v) is 6.30. The zero-order valence-electron chi connectivity index (χ0n) is 14.5. The summed E-state index contributed by atoms with van der Waals surface area (Å²) >= 11 is 1.17. The second-order valence-electron chi connectivity index (χ2n) is 5.37. The molecule has 0 unspecified atom stereocenters. The maximum atomic E-state index is 11.8. The Morgan fingerprint density at radius 1 is 1.36 bits per heavy atom. The highest BCUT2D eigenvalue weighted by atomic mass is 32.2. The third-order valence-electron chi connectivity index (χ3n) is 3.47. The quantitative estimate of drug-likeness (QED) is 0.887. The van der Waals surface area contributed by atoms with Gasteiger partial charge in [-0.15, -0.1) is 5.10 Å². The van der Waals surface area contributed by atoms with Gasteiger partial charge in [0.15, 0.2) is 0 Å². The highest BCUT2D eigenvalue weighted by molar-refractivity contribution is 8.14. The lowest BCUT2D eigenvalue weighted by Gasteiger charge is -2.22. The molecule has 1 saturated heterocycles. The van der Waals surface area contributed by atoms with Crippen molar-refractivity contribution in [3.05, 3.63) is 29.8 Å². The van der Waals surface area contributed by atoms with Gasteiger partial charge in [-0.2, -0.15) is 0 Å². The van der Waals surface area contributed by atoms with E-state index < -0.39 is 0 Å². The summed E-state index contributed by atoms with van der Waals surface area (Å²) < 4.78 is 9.79. The molecule has 0 spiro atoms. The molecule has 0 aromatic heterocycles. The lowest BCUT2D eigenvalue weighted by Crippen LogP contribution is -2.29. The number of rotatable bonds is 4. The van der Waals surface area contributed by atoms with Gasteiger partial charge in [-0.25, -0.2) is 5.01 Å². The summed E-state index contributed by atoms with van der Waals surface area (Å²) in [5.74, 6) is 0.972. The van der Waals surface area contributed by atoms with Crippen LogP contribution in [0.5, 0.6) is 0 Å². The number of anilines is 1. The molecule has 25 heavy (non-hydrogen) atoms. The molecule has 2 amide bonds. The van der Waals surface area contributed by atoms with Crippen LogP contribution in [0.4, 0.5) is 10.5 Å². The molecule has 3 rings (SSSR count). The summed E-state index contributed by atoms with van der Waals surface area (Å²) in [6.07, 6.45) is 1.72. The van der Waals surface area contributed by atoms with Crippen LogP contribution in [0.15, 0.2) is 29.4 Å². The topological polar surface area (TPSA) is 80.2 Å². The fourth-order valence-electron chi connectivity index (χ4n) is 1.86. The molecular formula is C17H23N3O4S. The molecule has 2 aliphatic heterocycles. The number of carbonyl (C=O) groups is 2. The van der Waals surface area contributed by atoms with Gasteiger partial charge in [-0.05, 0) is 24.1 Å². The average Bonchev–Trinajstić information content (AvgIpc) is 2.57. The fourth-order valence-corrected chi connectivity index (χ4v) is 2.54. The van der Waals surface area contributed by atoms with Crippen molar-refractivity contribution in [2.45, 2.75) is 26.3 Å². The van der Waals surface area contributed by atoms with Crippen molar-refractivity contribution in [2.75, 3.05) is 31.4 Å². The molecule has 0 aliphatic carbocycles. The van der Waals surface area contributed by atoms with Crippen LogP contribution >= 0.6 is 11.8 Å². The molecule has 1 fully saturated rings. The standard InChI is InChI=1S/C14H17N3O3S.C3H6O/c1-3-12(18)15-11-6-4-10(5-7-11)8-17-14(19)21-9-13(16-17)20-2;1-2-4-3-1/h4-7H,3,8-9H2,1-2H3,(H,15,18);1-3H2. The highest BCUT2D eigenvalue weighted by Gasteiger charge is 2.21. The van der Waals surface area contributed by atoms with E-state index in [1.54, 1.807) is 14.0 Å². The molecule has 0 radical (unpaired) electrons. The molecule has 0 saturated carbocycles. The number of nitrogens with one attached hydrogen (secondary N) is 1. The summed E-state index contributed by atoms with van der Waals surface area (Å²) in [6.45, 7) is 4.18. The van der Waals surface area contributed by atoms with Crippen molar-refractivity contribution in [3.63, 3.8) is 0 Å². The predicted octanol–water partition coefficient (Wildman–Crippen LogP) is 3.07. The lowest BCUT2D eigenvalue weighted by atomic mass is 10.2. The number of hydrogen-bond acceptors (Lipinski definition) is 6. The highest BCUT2D eigenvalue weighted by Crippen LogP contribution is 2.20. The molecule has 7 nitrogen and oxygen atoms in total. The number of hydrogen-bond donors (Lipinski definition) is 1. The molecule has 0 atom stereocenters. The van der Waals surface area contributed by atoms with Crippen LogP contribution in [0.25, 0.3) is 0 Å². The van der Waals surface area contributed by atoms with Crippen LogP contribution in [-0.4, -0.2) is 48.1 Å². The first-order valence-corrected chi connectivity index (χ1v) is 9.13. The number of benzene rings is 1. The van der Waals surface area contributed by atoms with E-state index in [0.717, 1.165) is 24.5 Å². The summed E-state index contributed by atoms with van der Waals surface area (Å²) in [5.41, 5.74) is 1.67. The van der Waals surface area contributed by atoms with Crippen LogP contribution in [0.3, 0.4) is 0 Å². The van der Waals surface area contributed by atoms with Gasteiger partial charge >= 0.3 is 5.24 Å². The number of amides is 2. The Balaban J connectivity index is 0.000000493. The number of methoxy groups -OCH3 is 1. The van der Waals surface area contributed by atoms with Gasteiger partial charge in [-0.3, -0.25) is 9.59 Å². The molecule has 1 aromatic carbocycles. The molecule has 1 N–H and O–H groups in total. The Hall–Kier alpha value is -2.06. The largest absolute Gasteiger partial charge is 0.482 e. The van der Waals surface area contributed by atoms with E-state index in [9.17, 15) is 9.59 Å². The van der Waals surface area contributed by atoms with Gasteiger partial charge in [0.1, 0.15) is 0 Å². The monoisotopic (exact) mass is 365 g/mol. The molecule has 2 aliphatic rings. The smallest absolute Gasteiger partial charge is 0.302 e. The molecule has 8 heteroatoms. The first kappa shape index (κ1) is 19.3. The van der Waals surface area contributed by atoms with E-state index >= 15 is 0 Å². The van der Waals surface area contributed by atoms with Gasteiger partial charge in [0, 0.05) is 25.3 Å². The average molecular weight is 365 g/mol. The normalized spacial score (nSPS) is 16.2. The number of carbonyl (C=O) groups excluding carboxylic acids is 2. The first-order chi connectivity index (χ1) is 12.1. The maximum absolute atomic E-state index is 11.8. The van der Waals surface area contributed by atoms with Crippen LogP contribution in [-0.2, 0) is 20.8 Å². The van der Waals surface area contributed by atoms with Gasteiger partial charge in [0.25, 0.3) is 0 Å². The van der Waals surface area contributed by atoms with E-state index in [0.29, 0.717) is 24.6 Å². The molecular weight excluding hydrogens is 342 g/mol. The summed E-state index contributed by atoms with van der Waals surface area (Å²) in [4.78, 5) is 23.1. The number of ether oxygens (including phenoxy) is 2. The van der Waals surface area contributed by atoms with Crippen molar-refractivity contribution >= 4 is 34.5 Å². The van der Waals surface area contributed by atoms with Gasteiger partial charge < -0.3 is 14.8 Å². The van der Waals surface area contributed by atoms with Crippen molar-refractivity contribution in [3.8, 4) is 0 Å². The van der Waals surface area contributed by atoms with Gasteiger partial charge in [0.05, 0.1) is 19.4 Å². The van der Waals surface area contributed by atoms with E-state index in [2.05, 4.69) is 10.4 Å². The predicted molar refractivity (Wildman–Crippen MR) is 98.6 cm³/mol. The third kappa shape index (κ3) is 6.39. The zero-order valence-corrected chi connectivity index (χ0v) is 15.3.